The van der Waals surface area contributed by atoms with Crippen LogP contribution in [0.4, 0.5) is 0 Å². The van der Waals surface area contributed by atoms with Gasteiger partial charge in [-0.05, 0) is 62.7 Å². The minimum absolute atomic E-state index is 0.0478. The minimum Gasteiger partial charge on any atom is -0.425 e. The highest BCUT2D eigenvalue weighted by Crippen LogP contribution is 2.64. The molecule has 5 nitrogen and oxygen atoms in total. The van der Waals surface area contributed by atoms with Crippen molar-refractivity contribution < 1.29 is 9.21 Å². The molecule has 132 valence electrons. The highest BCUT2D eigenvalue weighted by Gasteiger charge is 2.56. The molecule has 1 aromatic heterocycles. The summed E-state index contributed by atoms with van der Waals surface area (Å²) in [5.74, 6) is 3.15. The van der Waals surface area contributed by atoms with Crippen molar-refractivity contribution in [1.82, 2.24) is 10.2 Å². The second-order valence-corrected chi connectivity index (χ2v) is 8.57. The number of rotatable bonds is 5. The molecule has 0 saturated heterocycles. The van der Waals surface area contributed by atoms with E-state index < -0.39 is 0 Å². The predicted octanol–water partition coefficient (Wildman–Crippen LogP) is 3.24. The molecule has 3 saturated carbocycles. The minimum atomic E-state index is 0.0478. The van der Waals surface area contributed by atoms with Gasteiger partial charge in [-0.15, -0.1) is 10.2 Å². The van der Waals surface area contributed by atoms with E-state index in [4.69, 9.17) is 10.2 Å². The van der Waals surface area contributed by atoms with E-state index in [0.29, 0.717) is 29.2 Å². The van der Waals surface area contributed by atoms with Gasteiger partial charge in [0.2, 0.25) is 11.8 Å². The third-order valence-electron chi connectivity index (χ3n) is 6.96. The van der Waals surface area contributed by atoms with Gasteiger partial charge in [0.15, 0.2) is 0 Å². The van der Waals surface area contributed by atoms with E-state index in [0.717, 1.165) is 38.0 Å². The third-order valence-corrected chi connectivity index (χ3v) is 6.96. The van der Waals surface area contributed by atoms with Crippen LogP contribution in [0.1, 0.15) is 76.5 Å². The SMILES string of the molecule is CC[C@H]1CC(C(C)=O)[C@H](c2nnc(CC3CC(N)C3)o2)CC12CC2. The van der Waals surface area contributed by atoms with Crippen LogP contribution in [-0.2, 0) is 11.2 Å². The van der Waals surface area contributed by atoms with Crippen molar-refractivity contribution in [2.45, 2.75) is 77.2 Å². The van der Waals surface area contributed by atoms with Gasteiger partial charge in [0.1, 0.15) is 5.78 Å². The van der Waals surface area contributed by atoms with Gasteiger partial charge in [0.05, 0.1) is 0 Å². The summed E-state index contributed by atoms with van der Waals surface area (Å²) in [7, 11) is 0. The van der Waals surface area contributed by atoms with Crippen LogP contribution >= 0.6 is 0 Å². The molecule has 0 amide bonds. The molecule has 1 unspecified atom stereocenters. The van der Waals surface area contributed by atoms with Crippen molar-refractivity contribution in [3.05, 3.63) is 11.8 Å². The maximum Gasteiger partial charge on any atom is 0.220 e. The van der Waals surface area contributed by atoms with E-state index >= 15 is 0 Å². The molecular weight excluding hydrogens is 302 g/mol. The summed E-state index contributed by atoms with van der Waals surface area (Å²) in [5.41, 5.74) is 6.30. The van der Waals surface area contributed by atoms with Crippen LogP contribution in [-0.4, -0.2) is 22.0 Å². The van der Waals surface area contributed by atoms with Crippen LogP contribution in [0.15, 0.2) is 4.42 Å². The Bertz CT molecular complexity index is 616. The van der Waals surface area contributed by atoms with Gasteiger partial charge in [0.25, 0.3) is 0 Å². The van der Waals surface area contributed by atoms with Crippen molar-refractivity contribution in [3.63, 3.8) is 0 Å². The molecule has 2 N–H and O–H groups in total. The smallest absolute Gasteiger partial charge is 0.220 e. The van der Waals surface area contributed by atoms with Crippen LogP contribution in [0.5, 0.6) is 0 Å². The van der Waals surface area contributed by atoms with Gasteiger partial charge >= 0.3 is 0 Å². The van der Waals surface area contributed by atoms with Crippen molar-refractivity contribution in [3.8, 4) is 0 Å². The number of hydrogen-bond donors (Lipinski definition) is 1. The van der Waals surface area contributed by atoms with Crippen LogP contribution in [0.3, 0.4) is 0 Å². The molecule has 1 spiro atoms. The van der Waals surface area contributed by atoms with Gasteiger partial charge < -0.3 is 10.2 Å². The van der Waals surface area contributed by atoms with E-state index in [1.54, 1.807) is 6.92 Å². The Hall–Kier alpha value is -1.23. The zero-order chi connectivity index (χ0) is 16.9. The van der Waals surface area contributed by atoms with Crippen LogP contribution in [0.2, 0.25) is 0 Å². The topological polar surface area (TPSA) is 82.0 Å². The van der Waals surface area contributed by atoms with E-state index in [2.05, 4.69) is 17.1 Å². The number of carbonyl (C=O) groups excluding carboxylic acids is 1. The average molecular weight is 331 g/mol. The lowest BCUT2D eigenvalue weighted by molar-refractivity contribution is -0.124. The number of hydrogen-bond acceptors (Lipinski definition) is 5. The standard InChI is InChI=1S/C19H29N3O2/c1-3-13-9-15(11(2)23)16(10-19(13)4-5-19)18-22-21-17(24-18)8-12-6-14(20)7-12/h12-16H,3-10,20H2,1-2H3/t12?,13-,14?,15?,16+/m0/s1. The lowest BCUT2D eigenvalue weighted by Crippen LogP contribution is -2.37. The fourth-order valence-corrected chi connectivity index (χ4v) is 5.25. The largest absolute Gasteiger partial charge is 0.425 e. The summed E-state index contributed by atoms with van der Waals surface area (Å²) >= 11 is 0. The fraction of sp³-hybridized carbons (Fsp3) is 0.842. The van der Waals surface area contributed by atoms with E-state index in [9.17, 15) is 4.79 Å². The van der Waals surface area contributed by atoms with Crippen LogP contribution < -0.4 is 5.73 Å². The summed E-state index contributed by atoms with van der Waals surface area (Å²) < 4.78 is 6.02. The van der Waals surface area contributed by atoms with Crippen molar-refractivity contribution >= 4 is 5.78 Å². The van der Waals surface area contributed by atoms with Gasteiger partial charge in [-0.1, -0.05) is 13.3 Å². The molecule has 24 heavy (non-hydrogen) atoms. The van der Waals surface area contributed by atoms with E-state index in [-0.39, 0.29) is 17.6 Å². The zero-order valence-electron chi connectivity index (χ0n) is 14.8. The molecule has 0 aliphatic heterocycles. The molecule has 3 aliphatic carbocycles. The first-order chi connectivity index (χ1) is 11.5. The molecule has 3 atom stereocenters. The molecular formula is C19H29N3O2. The summed E-state index contributed by atoms with van der Waals surface area (Å²) in [6.07, 6.45) is 8.75. The molecule has 3 fully saturated rings. The van der Waals surface area contributed by atoms with Crippen molar-refractivity contribution in [2.75, 3.05) is 0 Å². The summed E-state index contributed by atoms with van der Waals surface area (Å²) in [5, 5.41) is 8.62. The zero-order valence-corrected chi connectivity index (χ0v) is 14.8. The van der Waals surface area contributed by atoms with Gasteiger partial charge in [-0.25, -0.2) is 0 Å². The molecule has 0 bridgehead atoms. The van der Waals surface area contributed by atoms with Gasteiger partial charge in [-0.2, -0.15) is 0 Å². The number of Topliss-reactive ketones (excluding diaryl/α,β-unsaturated/α-hetero) is 1. The van der Waals surface area contributed by atoms with Crippen molar-refractivity contribution in [2.24, 2.45) is 28.9 Å². The molecule has 1 heterocycles. The maximum absolute atomic E-state index is 12.2. The Kier molecular flexibility index (Phi) is 4.02. The van der Waals surface area contributed by atoms with Crippen molar-refractivity contribution in [1.29, 1.82) is 0 Å². The lowest BCUT2D eigenvalue weighted by atomic mass is 9.64. The Labute approximate surface area is 143 Å². The highest BCUT2D eigenvalue weighted by atomic mass is 16.4. The molecule has 0 radical (unpaired) electrons. The molecule has 5 heteroatoms. The third kappa shape index (κ3) is 2.81. The lowest BCUT2D eigenvalue weighted by Gasteiger charge is -2.39. The average Bonchev–Trinajstić information content (AvgIpc) is 3.12. The summed E-state index contributed by atoms with van der Waals surface area (Å²) in [4.78, 5) is 12.2. The Morgan fingerprint density at radius 1 is 1.29 bits per heavy atom. The van der Waals surface area contributed by atoms with Gasteiger partial charge in [-0.3, -0.25) is 4.79 Å². The molecule has 3 aliphatic rings. The first-order valence-corrected chi connectivity index (χ1v) is 9.59. The maximum atomic E-state index is 12.2. The molecule has 0 aromatic carbocycles. The molecule has 4 rings (SSSR count). The monoisotopic (exact) mass is 331 g/mol. The normalized spacial score (nSPS) is 37.2. The second-order valence-electron chi connectivity index (χ2n) is 8.57. The van der Waals surface area contributed by atoms with Crippen LogP contribution in [0, 0.1) is 23.2 Å². The second kappa shape index (κ2) is 5.94. The number of nitrogens with two attached hydrogens (primary N) is 1. The number of ketones is 1. The Balaban J connectivity index is 1.51. The quantitative estimate of drug-likeness (QED) is 0.895. The summed E-state index contributed by atoms with van der Waals surface area (Å²) in [6.45, 7) is 3.98. The Morgan fingerprint density at radius 2 is 2.04 bits per heavy atom. The van der Waals surface area contributed by atoms with E-state index in [1.165, 1.54) is 19.3 Å². The molecule has 1 aromatic rings. The first kappa shape index (κ1) is 16.2. The number of aromatic nitrogens is 2. The van der Waals surface area contributed by atoms with Crippen LogP contribution in [0.25, 0.3) is 0 Å². The predicted molar refractivity (Wildman–Crippen MR) is 90.3 cm³/mol. The number of nitrogens with zero attached hydrogens (tertiary/aromatic N) is 2. The first-order valence-electron chi connectivity index (χ1n) is 9.59. The fourth-order valence-electron chi connectivity index (χ4n) is 5.25. The van der Waals surface area contributed by atoms with E-state index in [1.807, 2.05) is 0 Å². The Morgan fingerprint density at radius 3 is 2.62 bits per heavy atom. The summed E-state index contributed by atoms with van der Waals surface area (Å²) in [6, 6.07) is 0.346. The number of carbonyl (C=O) groups is 1. The highest BCUT2D eigenvalue weighted by molar-refractivity contribution is 5.79. The van der Waals surface area contributed by atoms with Gasteiger partial charge in [0, 0.05) is 24.3 Å².